The average Bonchev–Trinajstić information content (AvgIpc) is 2.67. The first-order valence-electron chi connectivity index (χ1n) is 9.13. The number of nitrogens with one attached hydrogen (secondary N) is 1. The quantitative estimate of drug-likeness (QED) is 0.769. The number of carbonyl (C=O) groups excluding carboxylic acids is 2. The number of hydrogen-bond donors (Lipinski definition) is 2. The number of anilines is 1. The van der Waals surface area contributed by atoms with Crippen molar-refractivity contribution < 1.29 is 22.7 Å². The smallest absolute Gasteiger partial charge is 0.255 e. The van der Waals surface area contributed by atoms with Crippen molar-refractivity contribution in [2.45, 2.75) is 31.0 Å². The second kappa shape index (κ2) is 8.32. The van der Waals surface area contributed by atoms with Gasteiger partial charge in [-0.25, -0.2) is 8.42 Å². The second-order valence-corrected chi connectivity index (χ2v) is 8.94. The lowest BCUT2D eigenvalue weighted by Crippen LogP contribution is -2.48. The molecule has 0 saturated carbocycles. The number of benzene rings is 2. The van der Waals surface area contributed by atoms with Crippen LogP contribution >= 0.6 is 0 Å². The minimum Gasteiger partial charge on any atom is -0.373 e. The molecule has 9 heteroatoms. The zero-order valence-electron chi connectivity index (χ0n) is 16.2. The number of ether oxygens (including phenoxy) is 1. The van der Waals surface area contributed by atoms with Crippen LogP contribution in [0.15, 0.2) is 53.4 Å². The molecule has 3 N–H and O–H groups in total. The predicted molar refractivity (Wildman–Crippen MR) is 108 cm³/mol. The molecular formula is C20H23N3O5S. The molecule has 2 aromatic rings. The maximum absolute atomic E-state index is 12.9. The Kier molecular flexibility index (Phi) is 6.02. The molecule has 1 saturated heterocycles. The first-order valence-corrected chi connectivity index (χ1v) is 10.6. The van der Waals surface area contributed by atoms with Gasteiger partial charge in [0.1, 0.15) is 0 Å². The Bertz CT molecular complexity index is 993. The Morgan fingerprint density at radius 1 is 0.966 bits per heavy atom. The maximum Gasteiger partial charge on any atom is 0.255 e. The fourth-order valence-corrected chi connectivity index (χ4v) is 4.77. The lowest BCUT2D eigenvalue weighted by molar-refractivity contribution is -0.0440. The second-order valence-electron chi connectivity index (χ2n) is 7.00. The van der Waals surface area contributed by atoms with Gasteiger partial charge in [0.05, 0.1) is 17.1 Å². The van der Waals surface area contributed by atoms with E-state index in [2.05, 4.69) is 5.32 Å². The zero-order valence-corrected chi connectivity index (χ0v) is 17.0. The summed E-state index contributed by atoms with van der Waals surface area (Å²) in [5.41, 5.74) is 6.33. The predicted octanol–water partition coefficient (Wildman–Crippen LogP) is 1.84. The van der Waals surface area contributed by atoms with Crippen molar-refractivity contribution in [1.29, 1.82) is 0 Å². The molecule has 0 unspecified atom stereocenters. The molecule has 154 valence electrons. The summed E-state index contributed by atoms with van der Waals surface area (Å²) in [5, 5.41) is 2.69. The molecular weight excluding hydrogens is 394 g/mol. The Morgan fingerprint density at radius 3 is 2.00 bits per heavy atom. The fourth-order valence-electron chi connectivity index (χ4n) is 3.18. The number of morpholine rings is 1. The molecule has 1 fully saturated rings. The van der Waals surface area contributed by atoms with Gasteiger partial charge in [-0.3, -0.25) is 9.59 Å². The molecule has 2 atom stereocenters. The highest BCUT2D eigenvalue weighted by molar-refractivity contribution is 7.89. The van der Waals surface area contributed by atoms with Crippen LogP contribution in [0.2, 0.25) is 0 Å². The summed E-state index contributed by atoms with van der Waals surface area (Å²) < 4.78 is 32.7. The van der Waals surface area contributed by atoms with Crippen molar-refractivity contribution >= 4 is 27.5 Å². The average molecular weight is 417 g/mol. The normalized spacial score (nSPS) is 20.2. The van der Waals surface area contributed by atoms with Crippen molar-refractivity contribution in [1.82, 2.24) is 4.31 Å². The molecule has 3 rings (SSSR count). The van der Waals surface area contributed by atoms with Crippen LogP contribution in [0, 0.1) is 0 Å². The molecule has 1 heterocycles. The molecule has 2 amide bonds. The topological polar surface area (TPSA) is 119 Å². The number of rotatable bonds is 5. The third kappa shape index (κ3) is 4.81. The van der Waals surface area contributed by atoms with Gasteiger partial charge in [0, 0.05) is 29.9 Å². The van der Waals surface area contributed by atoms with Crippen molar-refractivity contribution in [2.75, 3.05) is 18.4 Å². The molecule has 29 heavy (non-hydrogen) atoms. The lowest BCUT2D eigenvalue weighted by Gasteiger charge is -2.34. The molecule has 0 spiro atoms. The van der Waals surface area contributed by atoms with E-state index in [-0.39, 0.29) is 30.2 Å². The van der Waals surface area contributed by atoms with Crippen LogP contribution in [0.4, 0.5) is 5.69 Å². The van der Waals surface area contributed by atoms with E-state index in [1.165, 1.54) is 40.7 Å². The highest BCUT2D eigenvalue weighted by atomic mass is 32.2. The highest BCUT2D eigenvalue weighted by Crippen LogP contribution is 2.22. The van der Waals surface area contributed by atoms with Crippen LogP contribution < -0.4 is 11.1 Å². The number of nitrogens with zero attached hydrogens (tertiary/aromatic N) is 1. The third-order valence-corrected chi connectivity index (χ3v) is 6.41. The third-order valence-electron chi connectivity index (χ3n) is 4.57. The molecule has 0 radical (unpaired) electrons. The summed E-state index contributed by atoms with van der Waals surface area (Å²) in [6, 6.07) is 11.9. The Hall–Kier alpha value is -2.75. The Labute approximate surface area is 169 Å². The number of hydrogen-bond acceptors (Lipinski definition) is 5. The van der Waals surface area contributed by atoms with Crippen LogP contribution in [0.25, 0.3) is 0 Å². The van der Waals surface area contributed by atoms with Gasteiger partial charge in [0.25, 0.3) is 5.91 Å². The Morgan fingerprint density at radius 2 is 1.48 bits per heavy atom. The molecule has 2 aromatic carbocycles. The highest BCUT2D eigenvalue weighted by Gasteiger charge is 2.32. The summed E-state index contributed by atoms with van der Waals surface area (Å²) in [6.45, 7) is 4.25. The molecule has 1 aliphatic heterocycles. The molecule has 1 aliphatic rings. The van der Waals surface area contributed by atoms with Gasteiger partial charge in [0.2, 0.25) is 15.9 Å². The van der Waals surface area contributed by atoms with Gasteiger partial charge in [-0.1, -0.05) is 0 Å². The van der Waals surface area contributed by atoms with E-state index in [4.69, 9.17) is 10.5 Å². The summed E-state index contributed by atoms with van der Waals surface area (Å²) >= 11 is 0. The van der Waals surface area contributed by atoms with E-state index in [9.17, 15) is 18.0 Å². The first-order chi connectivity index (χ1) is 13.7. The van der Waals surface area contributed by atoms with Gasteiger partial charge < -0.3 is 15.8 Å². The summed E-state index contributed by atoms with van der Waals surface area (Å²) in [4.78, 5) is 23.6. The van der Waals surface area contributed by atoms with E-state index in [1.807, 2.05) is 13.8 Å². The summed E-state index contributed by atoms with van der Waals surface area (Å²) in [7, 11) is -3.66. The van der Waals surface area contributed by atoms with Crippen LogP contribution in [0.5, 0.6) is 0 Å². The zero-order chi connectivity index (χ0) is 21.2. The van der Waals surface area contributed by atoms with Crippen LogP contribution in [-0.4, -0.2) is 49.8 Å². The summed E-state index contributed by atoms with van der Waals surface area (Å²) in [6.07, 6.45) is -0.362. The standard InChI is InChI=1S/C20H23N3O5S/c1-13-11-23(12-14(2)28-13)29(26,27)18-9-5-16(6-10-18)20(25)22-17-7-3-15(4-8-17)19(21)24/h3-10,13-14H,11-12H2,1-2H3,(H2,21,24)(H,22,25)/t13-,14-/m0/s1. The van der Waals surface area contributed by atoms with Gasteiger partial charge in [-0.2, -0.15) is 4.31 Å². The van der Waals surface area contributed by atoms with Crippen molar-refractivity contribution in [2.24, 2.45) is 5.73 Å². The summed E-state index contributed by atoms with van der Waals surface area (Å²) in [5.74, 6) is -0.946. The number of primary amides is 1. The van der Waals surface area contributed by atoms with Gasteiger partial charge in [-0.05, 0) is 62.4 Å². The first kappa shape index (κ1) is 21.0. The molecule has 0 bridgehead atoms. The van der Waals surface area contributed by atoms with Crippen molar-refractivity contribution in [3.05, 3.63) is 59.7 Å². The van der Waals surface area contributed by atoms with Gasteiger partial charge >= 0.3 is 0 Å². The number of carbonyl (C=O) groups is 2. The van der Waals surface area contributed by atoms with E-state index >= 15 is 0 Å². The minimum atomic E-state index is -3.66. The number of sulfonamides is 1. The molecule has 0 aliphatic carbocycles. The SMILES string of the molecule is C[C@H]1CN(S(=O)(=O)c2ccc(C(=O)Nc3ccc(C(N)=O)cc3)cc2)C[C@H](C)O1. The van der Waals surface area contributed by atoms with E-state index in [1.54, 1.807) is 12.1 Å². The lowest BCUT2D eigenvalue weighted by atomic mass is 10.2. The van der Waals surface area contributed by atoms with Crippen LogP contribution in [0.3, 0.4) is 0 Å². The maximum atomic E-state index is 12.9. The monoisotopic (exact) mass is 417 g/mol. The van der Waals surface area contributed by atoms with Crippen molar-refractivity contribution in [3.8, 4) is 0 Å². The van der Waals surface area contributed by atoms with Crippen LogP contribution in [0.1, 0.15) is 34.6 Å². The van der Waals surface area contributed by atoms with Crippen LogP contribution in [-0.2, 0) is 14.8 Å². The van der Waals surface area contributed by atoms with Gasteiger partial charge in [-0.15, -0.1) is 0 Å². The van der Waals surface area contributed by atoms with Gasteiger partial charge in [0.15, 0.2) is 0 Å². The molecule has 0 aromatic heterocycles. The largest absolute Gasteiger partial charge is 0.373 e. The minimum absolute atomic E-state index is 0.126. The van der Waals surface area contributed by atoms with E-state index in [0.717, 1.165) is 0 Å². The van der Waals surface area contributed by atoms with Crippen molar-refractivity contribution in [3.63, 3.8) is 0 Å². The molecule has 8 nitrogen and oxygen atoms in total. The fraction of sp³-hybridized carbons (Fsp3) is 0.300. The Balaban J connectivity index is 1.72. The van der Waals surface area contributed by atoms with E-state index < -0.39 is 21.8 Å². The van der Waals surface area contributed by atoms with E-state index in [0.29, 0.717) is 16.8 Å². The number of nitrogens with two attached hydrogens (primary N) is 1. The number of amides is 2.